The Morgan fingerprint density at radius 2 is 2.00 bits per heavy atom. The quantitative estimate of drug-likeness (QED) is 0.451. The minimum Gasteiger partial charge on any atom is -0.497 e. The van der Waals surface area contributed by atoms with E-state index in [9.17, 15) is 9.90 Å². The topological polar surface area (TPSA) is 75.5 Å². The first kappa shape index (κ1) is 24.7. The van der Waals surface area contributed by atoms with Gasteiger partial charge < -0.3 is 9.84 Å². The summed E-state index contributed by atoms with van der Waals surface area (Å²) in [7, 11) is 1.69. The van der Waals surface area contributed by atoms with Gasteiger partial charge in [-0.25, -0.2) is 0 Å². The van der Waals surface area contributed by atoms with Crippen molar-refractivity contribution in [2.24, 2.45) is 11.8 Å². The minimum absolute atomic E-state index is 0.229. The normalized spacial score (nSPS) is 18.1. The first-order chi connectivity index (χ1) is 17.1. The number of rotatable bonds is 9. The molecule has 6 nitrogen and oxygen atoms in total. The van der Waals surface area contributed by atoms with E-state index in [-0.39, 0.29) is 6.42 Å². The molecule has 0 radical (unpaired) electrons. The second-order valence-corrected chi connectivity index (χ2v) is 9.26. The molecule has 2 atom stereocenters. The third-order valence-corrected chi connectivity index (χ3v) is 6.98. The van der Waals surface area contributed by atoms with Crippen LogP contribution in [0.4, 0.5) is 0 Å². The number of benzene rings is 1. The number of aryl methyl sites for hydroxylation is 1. The predicted molar refractivity (Wildman–Crippen MR) is 137 cm³/mol. The van der Waals surface area contributed by atoms with Crippen LogP contribution in [-0.4, -0.2) is 52.7 Å². The minimum atomic E-state index is -0.712. The standard InChI is InChI=1S/C29H33N3O3/c1-35-26-8-9-28-27(20-26)24(13-17-31-28)6-2-5-23-14-19-32(21-25(23)7-10-29(33)34)18-3-4-22-11-15-30-16-12-22/h8-9,11-13,15-17,20,23,25H,2,5-7,10,14,18-19,21H2,1H3,(H,33,34). The van der Waals surface area contributed by atoms with E-state index >= 15 is 0 Å². The Morgan fingerprint density at radius 3 is 2.80 bits per heavy atom. The number of carboxylic acids is 1. The molecule has 1 saturated heterocycles. The van der Waals surface area contributed by atoms with Crippen molar-refractivity contribution in [3.05, 3.63) is 66.1 Å². The van der Waals surface area contributed by atoms with Crippen LogP contribution in [0.1, 0.15) is 43.2 Å². The van der Waals surface area contributed by atoms with Crippen LogP contribution in [0.3, 0.4) is 0 Å². The highest BCUT2D eigenvalue weighted by atomic mass is 16.5. The van der Waals surface area contributed by atoms with Gasteiger partial charge in [0.25, 0.3) is 0 Å². The molecular weight excluding hydrogens is 438 g/mol. The third kappa shape index (κ3) is 7.03. The number of fused-ring (bicyclic) bond motifs is 1. The first-order valence-electron chi connectivity index (χ1n) is 12.4. The first-order valence-corrected chi connectivity index (χ1v) is 12.4. The largest absolute Gasteiger partial charge is 0.497 e. The number of carboxylic acid groups (broad SMARTS) is 1. The van der Waals surface area contributed by atoms with E-state index in [0.29, 0.717) is 18.4 Å². The molecule has 4 rings (SSSR count). The number of hydrogen-bond acceptors (Lipinski definition) is 5. The molecule has 0 spiro atoms. The Morgan fingerprint density at radius 1 is 1.14 bits per heavy atom. The fourth-order valence-electron chi connectivity index (χ4n) is 5.09. The van der Waals surface area contributed by atoms with Gasteiger partial charge in [0.15, 0.2) is 0 Å². The van der Waals surface area contributed by atoms with E-state index in [1.165, 1.54) is 5.56 Å². The molecule has 1 fully saturated rings. The van der Waals surface area contributed by atoms with Gasteiger partial charge in [0.1, 0.15) is 5.75 Å². The fraction of sp³-hybridized carbons (Fsp3) is 0.414. The Bertz CT molecular complexity index is 1190. The highest BCUT2D eigenvalue weighted by Gasteiger charge is 2.28. The molecule has 0 amide bonds. The van der Waals surface area contributed by atoms with Crippen molar-refractivity contribution in [2.75, 3.05) is 26.7 Å². The van der Waals surface area contributed by atoms with Gasteiger partial charge in [-0.1, -0.05) is 11.8 Å². The van der Waals surface area contributed by atoms with E-state index in [4.69, 9.17) is 4.74 Å². The maximum Gasteiger partial charge on any atom is 0.303 e. The van der Waals surface area contributed by atoms with Crippen molar-refractivity contribution in [1.82, 2.24) is 14.9 Å². The van der Waals surface area contributed by atoms with Crippen LogP contribution in [0, 0.1) is 23.7 Å². The average Bonchev–Trinajstić information content (AvgIpc) is 2.88. The van der Waals surface area contributed by atoms with Crippen molar-refractivity contribution < 1.29 is 14.6 Å². The number of aromatic nitrogens is 2. The van der Waals surface area contributed by atoms with E-state index in [2.05, 4.69) is 38.8 Å². The zero-order valence-corrected chi connectivity index (χ0v) is 20.3. The summed E-state index contributed by atoms with van der Waals surface area (Å²) in [5, 5.41) is 10.4. The molecule has 1 N–H and O–H groups in total. The van der Waals surface area contributed by atoms with Gasteiger partial charge in [0, 0.05) is 42.5 Å². The van der Waals surface area contributed by atoms with Crippen LogP contribution >= 0.6 is 0 Å². The molecule has 3 aromatic rings. The molecule has 1 aliphatic heterocycles. The van der Waals surface area contributed by atoms with E-state index in [0.717, 1.165) is 67.4 Å². The molecule has 6 heteroatoms. The number of aliphatic carboxylic acids is 1. The van der Waals surface area contributed by atoms with Gasteiger partial charge in [0.05, 0.1) is 19.2 Å². The van der Waals surface area contributed by atoms with Crippen LogP contribution in [0.25, 0.3) is 10.9 Å². The van der Waals surface area contributed by atoms with Gasteiger partial charge >= 0.3 is 5.97 Å². The molecule has 2 unspecified atom stereocenters. The lowest BCUT2D eigenvalue weighted by atomic mass is 9.79. The molecule has 1 aliphatic rings. The molecular formula is C29H33N3O3. The summed E-state index contributed by atoms with van der Waals surface area (Å²) in [6.07, 6.45) is 10.6. The van der Waals surface area contributed by atoms with Crippen LogP contribution in [0.2, 0.25) is 0 Å². The van der Waals surface area contributed by atoms with E-state index in [1.54, 1.807) is 19.5 Å². The second kappa shape index (κ2) is 12.3. The molecule has 0 bridgehead atoms. The lowest BCUT2D eigenvalue weighted by Gasteiger charge is -2.38. The lowest BCUT2D eigenvalue weighted by molar-refractivity contribution is -0.137. The Hall–Kier alpha value is -3.43. The summed E-state index contributed by atoms with van der Waals surface area (Å²) in [6.45, 7) is 2.64. The molecule has 0 saturated carbocycles. The van der Waals surface area contributed by atoms with Crippen LogP contribution in [0.5, 0.6) is 5.75 Å². The molecule has 3 heterocycles. The van der Waals surface area contributed by atoms with E-state index < -0.39 is 5.97 Å². The molecule has 182 valence electrons. The van der Waals surface area contributed by atoms with E-state index in [1.807, 2.05) is 30.5 Å². The molecule has 2 aromatic heterocycles. The van der Waals surface area contributed by atoms with Crippen molar-refractivity contribution in [3.63, 3.8) is 0 Å². The van der Waals surface area contributed by atoms with Crippen molar-refractivity contribution in [2.45, 2.75) is 38.5 Å². The molecule has 0 aliphatic carbocycles. The fourth-order valence-corrected chi connectivity index (χ4v) is 5.09. The van der Waals surface area contributed by atoms with Gasteiger partial charge in [-0.3, -0.25) is 19.7 Å². The highest BCUT2D eigenvalue weighted by molar-refractivity contribution is 5.83. The van der Waals surface area contributed by atoms with Gasteiger partial charge in [0.2, 0.25) is 0 Å². The van der Waals surface area contributed by atoms with Crippen LogP contribution in [0.15, 0.2) is 55.0 Å². The summed E-state index contributed by atoms with van der Waals surface area (Å²) >= 11 is 0. The van der Waals surface area contributed by atoms with Gasteiger partial charge in [-0.15, -0.1) is 0 Å². The maximum absolute atomic E-state index is 11.3. The van der Waals surface area contributed by atoms with Crippen molar-refractivity contribution in [1.29, 1.82) is 0 Å². The Balaban J connectivity index is 1.35. The monoisotopic (exact) mass is 471 g/mol. The zero-order chi connectivity index (χ0) is 24.5. The summed E-state index contributed by atoms with van der Waals surface area (Å²) in [5.41, 5.74) is 3.25. The SMILES string of the molecule is COc1ccc2nccc(CCCC3CCN(CC#Cc4ccncc4)CC3CCC(=O)O)c2c1. The number of nitrogens with zero attached hydrogens (tertiary/aromatic N) is 3. The second-order valence-electron chi connectivity index (χ2n) is 9.26. The van der Waals surface area contributed by atoms with Crippen LogP contribution < -0.4 is 4.74 Å². The van der Waals surface area contributed by atoms with Gasteiger partial charge in [-0.2, -0.15) is 0 Å². The van der Waals surface area contributed by atoms with Crippen LogP contribution in [-0.2, 0) is 11.2 Å². The number of pyridine rings is 2. The Kier molecular flexibility index (Phi) is 8.69. The van der Waals surface area contributed by atoms with Crippen molar-refractivity contribution in [3.8, 4) is 17.6 Å². The predicted octanol–water partition coefficient (Wildman–Crippen LogP) is 4.82. The zero-order valence-electron chi connectivity index (χ0n) is 20.3. The lowest BCUT2D eigenvalue weighted by Crippen LogP contribution is -2.41. The highest BCUT2D eigenvalue weighted by Crippen LogP contribution is 2.32. The number of piperidine rings is 1. The Labute approximate surface area is 207 Å². The summed E-state index contributed by atoms with van der Waals surface area (Å²) in [5.74, 6) is 7.55. The average molecular weight is 472 g/mol. The number of likely N-dealkylation sites (tertiary alicyclic amines) is 1. The summed E-state index contributed by atoms with van der Waals surface area (Å²) in [6, 6.07) is 12.0. The summed E-state index contributed by atoms with van der Waals surface area (Å²) < 4.78 is 5.41. The summed E-state index contributed by atoms with van der Waals surface area (Å²) in [4.78, 5) is 22.2. The molecule has 1 aromatic carbocycles. The van der Waals surface area contributed by atoms with Crippen molar-refractivity contribution >= 4 is 16.9 Å². The molecule has 35 heavy (non-hydrogen) atoms. The number of hydrogen-bond donors (Lipinski definition) is 1. The number of carbonyl (C=O) groups is 1. The number of methoxy groups -OCH3 is 1. The smallest absolute Gasteiger partial charge is 0.303 e. The third-order valence-electron chi connectivity index (χ3n) is 6.98. The van der Waals surface area contributed by atoms with Gasteiger partial charge in [-0.05, 0) is 92.4 Å². The number of ether oxygens (including phenoxy) is 1. The maximum atomic E-state index is 11.3.